The average molecular weight is 415 g/mol. The van der Waals surface area contributed by atoms with E-state index in [0.717, 1.165) is 17.1 Å². The van der Waals surface area contributed by atoms with Crippen LogP contribution in [0.5, 0.6) is 5.75 Å². The van der Waals surface area contributed by atoms with E-state index in [2.05, 4.69) is 15.2 Å². The van der Waals surface area contributed by atoms with E-state index in [0.29, 0.717) is 0 Å². The molecule has 3 aromatic rings. The number of carbonyl (C=O) groups excluding carboxylic acids is 1. The fourth-order valence-corrected chi connectivity index (χ4v) is 2.48. The van der Waals surface area contributed by atoms with E-state index in [1.54, 1.807) is 0 Å². The van der Waals surface area contributed by atoms with Crippen molar-refractivity contribution in [2.45, 2.75) is 13.2 Å². The summed E-state index contributed by atoms with van der Waals surface area (Å²) in [6.45, 7) is -3.72. The molecule has 0 saturated heterocycles. The predicted molar refractivity (Wildman–Crippen MR) is 88.6 cm³/mol. The van der Waals surface area contributed by atoms with Crippen molar-refractivity contribution >= 4 is 11.6 Å². The Balaban J connectivity index is 1.77. The second-order valence-corrected chi connectivity index (χ2v) is 5.70. The third-order valence-corrected chi connectivity index (χ3v) is 3.77. The number of anilines is 1. The summed E-state index contributed by atoms with van der Waals surface area (Å²) in [6, 6.07) is 5.48. The van der Waals surface area contributed by atoms with Crippen LogP contribution < -0.4 is 10.1 Å². The first kappa shape index (κ1) is 20.2. The van der Waals surface area contributed by atoms with Gasteiger partial charge in [0.1, 0.15) is 11.6 Å². The lowest BCUT2D eigenvalue weighted by atomic mass is 10.2. The van der Waals surface area contributed by atoms with E-state index in [4.69, 9.17) is 0 Å². The molecule has 1 heterocycles. The number of para-hydroxylation sites is 1. The molecule has 152 valence electrons. The Kier molecular flexibility index (Phi) is 5.76. The van der Waals surface area contributed by atoms with E-state index in [1.165, 1.54) is 24.3 Å². The molecule has 0 atom stereocenters. The summed E-state index contributed by atoms with van der Waals surface area (Å²) >= 11 is 0. The van der Waals surface area contributed by atoms with Gasteiger partial charge < -0.3 is 10.1 Å². The van der Waals surface area contributed by atoms with Crippen LogP contribution in [0.3, 0.4) is 0 Å². The number of hydrogen-bond acceptors (Lipinski definition) is 3. The Labute approximate surface area is 159 Å². The molecule has 0 unspecified atom stereocenters. The predicted octanol–water partition coefficient (Wildman–Crippen LogP) is 4.34. The van der Waals surface area contributed by atoms with Crippen LogP contribution in [0.1, 0.15) is 15.9 Å². The van der Waals surface area contributed by atoms with Gasteiger partial charge in [0, 0.05) is 17.8 Å². The summed E-state index contributed by atoms with van der Waals surface area (Å²) in [6.07, 6.45) is 2.28. The van der Waals surface area contributed by atoms with Crippen molar-refractivity contribution in [3.8, 4) is 5.75 Å². The molecule has 0 saturated carbocycles. The van der Waals surface area contributed by atoms with Crippen LogP contribution in [0.4, 0.5) is 32.0 Å². The van der Waals surface area contributed by atoms with Gasteiger partial charge >= 0.3 is 6.61 Å². The number of hydrogen-bond donors (Lipinski definition) is 1. The maximum Gasteiger partial charge on any atom is 0.387 e. The van der Waals surface area contributed by atoms with Gasteiger partial charge in [-0.25, -0.2) is 17.6 Å². The molecular weight excluding hydrogens is 404 g/mol. The summed E-state index contributed by atoms with van der Waals surface area (Å²) in [5.74, 6) is -7.63. The standard InChI is InChI=1S/C18H11F6N3O2/c19-12-5-13(20)16(22)15(21)11(12)8-27-7-9(6-25-27)26-17(28)10-3-1-2-4-14(10)29-18(23)24/h1-7,18H,8H2,(H,26,28). The SMILES string of the molecule is O=C(Nc1cnn(Cc2c(F)cc(F)c(F)c2F)c1)c1ccccc1OC(F)F. The maximum absolute atomic E-state index is 13.8. The van der Waals surface area contributed by atoms with Gasteiger partial charge in [-0.05, 0) is 12.1 Å². The molecule has 0 spiro atoms. The molecule has 0 bridgehead atoms. The van der Waals surface area contributed by atoms with E-state index in [-0.39, 0.29) is 23.1 Å². The fourth-order valence-electron chi connectivity index (χ4n) is 2.48. The molecule has 0 aliphatic rings. The number of carbonyl (C=O) groups is 1. The second kappa shape index (κ2) is 8.25. The average Bonchev–Trinajstić information content (AvgIpc) is 3.10. The van der Waals surface area contributed by atoms with Crippen molar-refractivity contribution in [3.63, 3.8) is 0 Å². The summed E-state index contributed by atoms with van der Waals surface area (Å²) in [5, 5.41) is 6.12. The lowest BCUT2D eigenvalue weighted by Crippen LogP contribution is -2.14. The Bertz CT molecular complexity index is 1050. The normalized spacial score (nSPS) is 11.0. The minimum atomic E-state index is -3.13. The van der Waals surface area contributed by atoms with Gasteiger partial charge in [0.2, 0.25) is 0 Å². The molecule has 1 N–H and O–H groups in total. The Morgan fingerprint density at radius 3 is 2.55 bits per heavy atom. The minimum Gasteiger partial charge on any atom is -0.434 e. The van der Waals surface area contributed by atoms with Crippen molar-refractivity contribution in [2.75, 3.05) is 5.32 Å². The largest absolute Gasteiger partial charge is 0.434 e. The molecule has 1 aromatic heterocycles. The molecule has 1 amide bonds. The second-order valence-electron chi connectivity index (χ2n) is 5.70. The molecular formula is C18H11F6N3O2. The van der Waals surface area contributed by atoms with Crippen LogP contribution in [-0.4, -0.2) is 22.3 Å². The highest BCUT2D eigenvalue weighted by molar-refractivity contribution is 6.06. The minimum absolute atomic E-state index is 0.0604. The number of halogens is 6. The molecule has 2 aromatic carbocycles. The van der Waals surface area contributed by atoms with Crippen LogP contribution in [0.25, 0.3) is 0 Å². The molecule has 0 fully saturated rings. The van der Waals surface area contributed by atoms with E-state index in [9.17, 15) is 31.1 Å². The van der Waals surface area contributed by atoms with Crippen LogP contribution in [-0.2, 0) is 6.54 Å². The number of benzene rings is 2. The summed E-state index contributed by atoms with van der Waals surface area (Å²) in [4.78, 5) is 12.3. The number of ether oxygens (including phenoxy) is 1. The van der Waals surface area contributed by atoms with Crippen molar-refractivity contribution in [2.24, 2.45) is 0 Å². The van der Waals surface area contributed by atoms with Crippen molar-refractivity contribution < 1.29 is 35.9 Å². The number of rotatable bonds is 6. The number of alkyl halides is 2. The highest BCUT2D eigenvalue weighted by atomic mass is 19.3. The number of aromatic nitrogens is 2. The van der Waals surface area contributed by atoms with Crippen LogP contribution >= 0.6 is 0 Å². The number of nitrogens with one attached hydrogen (secondary N) is 1. The van der Waals surface area contributed by atoms with Gasteiger partial charge in [0.25, 0.3) is 5.91 Å². The quantitative estimate of drug-likeness (QED) is 0.370. The number of amides is 1. The maximum atomic E-state index is 13.8. The number of nitrogens with zero attached hydrogens (tertiary/aromatic N) is 2. The molecule has 0 aliphatic carbocycles. The third-order valence-electron chi connectivity index (χ3n) is 3.77. The monoisotopic (exact) mass is 415 g/mol. The molecule has 29 heavy (non-hydrogen) atoms. The smallest absolute Gasteiger partial charge is 0.387 e. The van der Waals surface area contributed by atoms with Gasteiger partial charge in [-0.3, -0.25) is 9.48 Å². The third kappa shape index (κ3) is 4.50. The zero-order valence-corrected chi connectivity index (χ0v) is 14.3. The first-order valence-corrected chi connectivity index (χ1v) is 7.95. The van der Waals surface area contributed by atoms with E-state index < -0.39 is 47.9 Å². The zero-order chi connectivity index (χ0) is 21.1. The van der Waals surface area contributed by atoms with Gasteiger partial charge in [0.05, 0.1) is 24.0 Å². The first-order chi connectivity index (χ1) is 13.8. The molecule has 0 aliphatic heterocycles. The molecule has 5 nitrogen and oxygen atoms in total. The highest BCUT2D eigenvalue weighted by Gasteiger charge is 2.20. The van der Waals surface area contributed by atoms with Gasteiger partial charge in [-0.2, -0.15) is 13.9 Å². The van der Waals surface area contributed by atoms with Crippen LogP contribution in [0, 0.1) is 23.3 Å². The van der Waals surface area contributed by atoms with Gasteiger partial charge in [0.15, 0.2) is 17.5 Å². The van der Waals surface area contributed by atoms with Crippen LogP contribution in [0.2, 0.25) is 0 Å². The first-order valence-electron chi connectivity index (χ1n) is 7.95. The summed E-state index contributed by atoms with van der Waals surface area (Å²) in [5.41, 5.74) is -0.885. The Morgan fingerprint density at radius 1 is 1.10 bits per heavy atom. The van der Waals surface area contributed by atoms with Crippen molar-refractivity contribution in [1.29, 1.82) is 0 Å². The lowest BCUT2D eigenvalue weighted by Gasteiger charge is -2.10. The lowest BCUT2D eigenvalue weighted by molar-refractivity contribution is -0.0501. The fraction of sp³-hybridized carbons (Fsp3) is 0.111. The molecule has 3 rings (SSSR count). The van der Waals surface area contributed by atoms with Crippen LogP contribution in [0.15, 0.2) is 42.7 Å². The van der Waals surface area contributed by atoms with Gasteiger partial charge in [-0.15, -0.1) is 0 Å². The summed E-state index contributed by atoms with van der Waals surface area (Å²) in [7, 11) is 0. The van der Waals surface area contributed by atoms with E-state index in [1.807, 2.05) is 0 Å². The van der Waals surface area contributed by atoms with E-state index >= 15 is 0 Å². The topological polar surface area (TPSA) is 56.2 Å². The Morgan fingerprint density at radius 2 is 1.83 bits per heavy atom. The Hall–Kier alpha value is -3.50. The van der Waals surface area contributed by atoms with Crippen molar-refractivity contribution in [1.82, 2.24) is 9.78 Å². The molecule has 11 heteroatoms. The highest BCUT2D eigenvalue weighted by Crippen LogP contribution is 2.23. The zero-order valence-electron chi connectivity index (χ0n) is 14.3. The van der Waals surface area contributed by atoms with Crippen molar-refractivity contribution in [3.05, 3.63) is 77.1 Å². The summed E-state index contributed by atoms with van der Waals surface area (Å²) < 4.78 is 83.9. The van der Waals surface area contributed by atoms with Gasteiger partial charge in [-0.1, -0.05) is 12.1 Å². The molecule has 0 radical (unpaired) electrons.